The lowest BCUT2D eigenvalue weighted by Gasteiger charge is -2.27. The lowest BCUT2D eigenvalue weighted by molar-refractivity contribution is -0.140. The molecule has 4 heteroatoms. The summed E-state index contributed by atoms with van der Waals surface area (Å²) in [6.07, 6.45) is 6.21. The molecule has 0 fully saturated rings. The first kappa shape index (κ1) is 14.9. The highest BCUT2D eigenvalue weighted by molar-refractivity contribution is 7.80. The molecular weight excluding hydrogens is 270 g/mol. The zero-order valence-corrected chi connectivity index (χ0v) is 12.9. The minimum Gasteiger partial charge on any atom is -0.425 e. The van der Waals surface area contributed by atoms with Gasteiger partial charge >= 0.3 is 5.97 Å². The van der Waals surface area contributed by atoms with Gasteiger partial charge in [-0.2, -0.15) is 0 Å². The van der Waals surface area contributed by atoms with Crippen molar-refractivity contribution in [2.24, 2.45) is 10.9 Å². The number of allylic oxidation sites excluding steroid dienone is 1. The van der Waals surface area contributed by atoms with Crippen molar-refractivity contribution in [2.75, 3.05) is 0 Å². The Labute approximate surface area is 125 Å². The van der Waals surface area contributed by atoms with Crippen molar-refractivity contribution in [3.63, 3.8) is 0 Å². The van der Waals surface area contributed by atoms with Crippen LogP contribution in [0.1, 0.15) is 25.8 Å². The molecule has 106 valence electrons. The van der Waals surface area contributed by atoms with Gasteiger partial charge in [0.1, 0.15) is 5.75 Å². The molecule has 0 bridgehead atoms. The molecule has 2 rings (SSSR count). The van der Waals surface area contributed by atoms with E-state index in [2.05, 4.69) is 17.6 Å². The standard InChI is InChI=1S/C16H19NO2S/c1-4-12(16(3)8-5-9-17-16)15(18)19-13-7-6-11(2)10-14(13)20/h5-10,12,20H,4H2,1-3H3. The number of hydrogen-bond donors (Lipinski definition) is 1. The highest BCUT2D eigenvalue weighted by Gasteiger charge is 2.38. The van der Waals surface area contributed by atoms with Gasteiger partial charge in [0.25, 0.3) is 0 Å². The molecule has 1 aromatic rings. The second-order valence-electron chi connectivity index (χ2n) is 5.22. The minimum absolute atomic E-state index is 0.266. The molecule has 0 saturated carbocycles. The van der Waals surface area contributed by atoms with Gasteiger partial charge < -0.3 is 4.74 Å². The number of hydrogen-bond acceptors (Lipinski definition) is 4. The van der Waals surface area contributed by atoms with Crippen LogP contribution in [0, 0.1) is 12.8 Å². The zero-order chi connectivity index (χ0) is 14.8. The summed E-state index contributed by atoms with van der Waals surface area (Å²) in [6.45, 7) is 5.88. The molecule has 0 N–H and O–H groups in total. The van der Waals surface area contributed by atoms with Crippen molar-refractivity contribution < 1.29 is 9.53 Å². The van der Waals surface area contributed by atoms with Gasteiger partial charge in [-0.15, -0.1) is 12.6 Å². The van der Waals surface area contributed by atoms with E-state index in [0.717, 1.165) is 5.56 Å². The number of thiol groups is 1. The van der Waals surface area contributed by atoms with Gasteiger partial charge in [0.15, 0.2) is 0 Å². The summed E-state index contributed by atoms with van der Waals surface area (Å²) in [5.41, 5.74) is 0.574. The van der Waals surface area contributed by atoms with Crippen LogP contribution in [0.3, 0.4) is 0 Å². The monoisotopic (exact) mass is 289 g/mol. The molecule has 20 heavy (non-hydrogen) atoms. The van der Waals surface area contributed by atoms with Crippen LogP contribution >= 0.6 is 12.6 Å². The van der Waals surface area contributed by atoms with Gasteiger partial charge in [-0.25, -0.2) is 0 Å². The normalized spacial score (nSPS) is 22.0. The Morgan fingerprint density at radius 2 is 2.25 bits per heavy atom. The van der Waals surface area contributed by atoms with Crippen molar-refractivity contribution in [1.82, 2.24) is 0 Å². The largest absolute Gasteiger partial charge is 0.425 e. The van der Waals surface area contributed by atoms with Crippen molar-refractivity contribution in [2.45, 2.75) is 37.6 Å². The maximum Gasteiger partial charge on any atom is 0.317 e. The molecule has 3 nitrogen and oxygen atoms in total. The van der Waals surface area contributed by atoms with Crippen LogP contribution in [0.4, 0.5) is 0 Å². The highest BCUT2D eigenvalue weighted by atomic mass is 32.1. The Morgan fingerprint density at radius 3 is 2.80 bits per heavy atom. The SMILES string of the molecule is CCC(C(=O)Oc1ccc(C)cc1S)C1(C)C=CC=N1. The Bertz CT molecular complexity index is 566. The first-order valence-electron chi connectivity index (χ1n) is 6.70. The lowest BCUT2D eigenvalue weighted by atomic mass is 9.85. The first-order chi connectivity index (χ1) is 9.46. The van der Waals surface area contributed by atoms with Crippen LogP contribution in [0.25, 0.3) is 0 Å². The van der Waals surface area contributed by atoms with Gasteiger partial charge in [0.2, 0.25) is 0 Å². The Balaban J connectivity index is 2.18. The van der Waals surface area contributed by atoms with E-state index in [0.29, 0.717) is 17.1 Å². The highest BCUT2D eigenvalue weighted by Crippen LogP contribution is 2.32. The minimum atomic E-state index is -0.507. The van der Waals surface area contributed by atoms with E-state index in [4.69, 9.17) is 4.74 Å². The van der Waals surface area contributed by atoms with Crippen LogP contribution in [-0.4, -0.2) is 17.7 Å². The maximum atomic E-state index is 12.4. The van der Waals surface area contributed by atoms with Gasteiger partial charge in [-0.1, -0.05) is 19.1 Å². The molecule has 0 saturated heterocycles. The Hall–Kier alpha value is -1.55. The smallest absolute Gasteiger partial charge is 0.317 e. The summed E-state index contributed by atoms with van der Waals surface area (Å²) in [6, 6.07) is 5.55. The molecule has 1 aliphatic heterocycles. The summed E-state index contributed by atoms with van der Waals surface area (Å²) in [4.78, 5) is 17.5. The third-order valence-corrected chi connectivity index (χ3v) is 3.95. The molecule has 0 aromatic heterocycles. The molecule has 0 aliphatic carbocycles. The van der Waals surface area contributed by atoms with Crippen LogP contribution in [-0.2, 0) is 4.79 Å². The Morgan fingerprint density at radius 1 is 1.50 bits per heavy atom. The van der Waals surface area contributed by atoms with Crippen molar-refractivity contribution in [1.29, 1.82) is 0 Å². The number of esters is 1. The van der Waals surface area contributed by atoms with E-state index in [9.17, 15) is 4.79 Å². The summed E-state index contributed by atoms with van der Waals surface area (Å²) >= 11 is 4.35. The van der Waals surface area contributed by atoms with E-state index < -0.39 is 5.54 Å². The third kappa shape index (κ3) is 2.96. The van der Waals surface area contributed by atoms with E-state index in [1.807, 2.05) is 45.1 Å². The molecule has 1 heterocycles. The van der Waals surface area contributed by atoms with Gasteiger partial charge in [0, 0.05) is 11.1 Å². The number of ether oxygens (including phenoxy) is 1. The summed E-state index contributed by atoms with van der Waals surface area (Å²) in [5.74, 6) is -0.0682. The summed E-state index contributed by atoms with van der Waals surface area (Å²) < 4.78 is 5.51. The molecule has 2 atom stereocenters. The van der Waals surface area contributed by atoms with Crippen LogP contribution in [0.2, 0.25) is 0 Å². The van der Waals surface area contributed by atoms with E-state index in [1.165, 1.54) is 0 Å². The number of benzene rings is 1. The summed E-state index contributed by atoms with van der Waals surface area (Å²) in [5, 5.41) is 0. The van der Waals surface area contributed by atoms with Gasteiger partial charge in [0.05, 0.1) is 11.5 Å². The average Bonchev–Trinajstić information content (AvgIpc) is 2.81. The predicted molar refractivity (Wildman–Crippen MR) is 83.9 cm³/mol. The first-order valence-corrected chi connectivity index (χ1v) is 7.15. The number of rotatable bonds is 4. The molecular formula is C16H19NO2S. The number of nitrogens with zero attached hydrogens (tertiary/aromatic N) is 1. The van der Waals surface area contributed by atoms with Crippen LogP contribution in [0.15, 0.2) is 40.2 Å². The lowest BCUT2D eigenvalue weighted by Crippen LogP contribution is -2.37. The predicted octanol–water partition coefficient (Wildman–Crippen LogP) is 3.61. The number of carbonyl (C=O) groups is 1. The van der Waals surface area contributed by atoms with Gasteiger partial charge in [-0.05, 0) is 44.0 Å². The Kier molecular flexibility index (Phi) is 4.33. The van der Waals surface area contributed by atoms with Crippen molar-refractivity contribution in [3.8, 4) is 5.75 Å². The molecule has 1 aliphatic rings. The van der Waals surface area contributed by atoms with E-state index >= 15 is 0 Å². The third-order valence-electron chi connectivity index (χ3n) is 3.60. The van der Waals surface area contributed by atoms with E-state index in [-0.39, 0.29) is 11.9 Å². The molecule has 2 unspecified atom stereocenters. The fourth-order valence-corrected chi connectivity index (χ4v) is 2.73. The fourth-order valence-electron chi connectivity index (χ4n) is 2.40. The van der Waals surface area contributed by atoms with E-state index in [1.54, 1.807) is 12.3 Å². The zero-order valence-electron chi connectivity index (χ0n) is 12.0. The summed E-state index contributed by atoms with van der Waals surface area (Å²) in [7, 11) is 0. The molecule has 1 aromatic carbocycles. The van der Waals surface area contributed by atoms with Gasteiger partial charge in [-0.3, -0.25) is 9.79 Å². The fraction of sp³-hybridized carbons (Fsp3) is 0.375. The topological polar surface area (TPSA) is 38.7 Å². The molecule has 0 spiro atoms. The number of carbonyl (C=O) groups excluding carboxylic acids is 1. The average molecular weight is 289 g/mol. The van der Waals surface area contributed by atoms with Crippen molar-refractivity contribution in [3.05, 3.63) is 35.9 Å². The molecule has 0 amide bonds. The number of aryl methyl sites for hydroxylation is 1. The maximum absolute atomic E-state index is 12.4. The second-order valence-corrected chi connectivity index (χ2v) is 5.70. The van der Waals surface area contributed by atoms with Crippen LogP contribution in [0.5, 0.6) is 5.75 Å². The van der Waals surface area contributed by atoms with Crippen LogP contribution < -0.4 is 4.74 Å². The quantitative estimate of drug-likeness (QED) is 0.522. The number of aliphatic imine (C=N–C) groups is 1. The van der Waals surface area contributed by atoms with Crippen molar-refractivity contribution >= 4 is 24.8 Å². The second kappa shape index (κ2) is 5.83. The molecule has 0 radical (unpaired) electrons.